The van der Waals surface area contributed by atoms with Crippen molar-refractivity contribution in [3.05, 3.63) is 70.6 Å². The number of thioether (sulfide) groups is 1. The van der Waals surface area contributed by atoms with Crippen molar-refractivity contribution in [2.75, 3.05) is 18.8 Å². The molecule has 31 heavy (non-hydrogen) atoms. The number of carbonyl (C=O) groups is 3. The molecule has 0 aromatic heterocycles. The van der Waals surface area contributed by atoms with Crippen LogP contribution < -0.4 is 5.32 Å². The molecule has 9 heteroatoms. The van der Waals surface area contributed by atoms with Crippen molar-refractivity contribution in [2.24, 2.45) is 0 Å². The summed E-state index contributed by atoms with van der Waals surface area (Å²) in [6, 6.07) is 15.2. The topological polar surface area (TPSA) is 101 Å². The lowest BCUT2D eigenvalue weighted by Gasteiger charge is -2.14. The molecule has 1 saturated heterocycles. The first-order valence-corrected chi connectivity index (χ1v) is 12.2. The Hall–Kier alpha value is -2.91. The minimum atomic E-state index is -3.57. The number of nitrogens with zero attached hydrogens (tertiary/aromatic N) is 1. The normalized spacial score (nSPS) is 15.5. The summed E-state index contributed by atoms with van der Waals surface area (Å²) in [5, 5.41) is 2.20. The van der Waals surface area contributed by atoms with Crippen LogP contribution in [-0.4, -0.2) is 49.2 Å². The highest BCUT2D eigenvalue weighted by molar-refractivity contribution is 8.18. The van der Waals surface area contributed by atoms with E-state index in [1.165, 1.54) is 12.1 Å². The van der Waals surface area contributed by atoms with Crippen LogP contribution in [0.3, 0.4) is 0 Å². The van der Waals surface area contributed by atoms with E-state index in [1.807, 2.05) is 30.3 Å². The Kier molecular flexibility index (Phi) is 7.29. The Morgan fingerprint density at radius 1 is 1.06 bits per heavy atom. The molecule has 162 valence electrons. The quantitative estimate of drug-likeness (QED) is 0.609. The summed E-state index contributed by atoms with van der Waals surface area (Å²) >= 11 is 0.850. The van der Waals surface area contributed by atoms with Crippen LogP contribution in [0.5, 0.6) is 0 Å². The highest BCUT2D eigenvalue weighted by Crippen LogP contribution is 2.31. The van der Waals surface area contributed by atoms with Crippen molar-refractivity contribution in [3.63, 3.8) is 0 Å². The number of imide groups is 1. The van der Waals surface area contributed by atoms with Crippen molar-refractivity contribution < 1.29 is 22.8 Å². The molecule has 0 aliphatic carbocycles. The van der Waals surface area contributed by atoms with Crippen molar-refractivity contribution in [1.82, 2.24) is 10.2 Å². The largest absolute Gasteiger partial charge is 0.350 e. The van der Waals surface area contributed by atoms with Crippen molar-refractivity contribution in [2.45, 2.75) is 18.2 Å². The van der Waals surface area contributed by atoms with Gasteiger partial charge in [0.25, 0.3) is 17.1 Å². The van der Waals surface area contributed by atoms with Crippen LogP contribution in [0.2, 0.25) is 0 Å². The molecule has 2 aromatic carbocycles. The van der Waals surface area contributed by atoms with Crippen LogP contribution in [0.1, 0.15) is 29.3 Å². The maximum Gasteiger partial charge on any atom is 0.293 e. The molecule has 3 amide bonds. The Labute approximate surface area is 185 Å². The highest BCUT2D eigenvalue weighted by Gasteiger charge is 2.34. The van der Waals surface area contributed by atoms with Crippen LogP contribution in [0, 0.1) is 0 Å². The molecule has 0 atom stereocenters. The van der Waals surface area contributed by atoms with Crippen LogP contribution in [0.4, 0.5) is 4.79 Å². The molecule has 1 heterocycles. The van der Waals surface area contributed by atoms with Gasteiger partial charge in [-0.3, -0.25) is 19.3 Å². The van der Waals surface area contributed by atoms with Gasteiger partial charge in [0, 0.05) is 13.1 Å². The number of benzene rings is 2. The van der Waals surface area contributed by atoms with E-state index in [0.717, 1.165) is 22.2 Å². The molecule has 1 fully saturated rings. The van der Waals surface area contributed by atoms with Crippen LogP contribution in [0.25, 0.3) is 6.08 Å². The average molecular weight is 459 g/mol. The number of amides is 3. The van der Waals surface area contributed by atoms with Gasteiger partial charge >= 0.3 is 0 Å². The van der Waals surface area contributed by atoms with Crippen LogP contribution in [0.15, 0.2) is 64.4 Å². The zero-order valence-electron chi connectivity index (χ0n) is 16.9. The minimum absolute atomic E-state index is 0.00753. The van der Waals surface area contributed by atoms with Gasteiger partial charge in [-0.05, 0) is 42.0 Å². The molecule has 1 aliphatic rings. The molecular weight excluding hydrogens is 436 g/mol. The second kappa shape index (κ2) is 9.93. The molecule has 0 unspecified atom stereocenters. The molecule has 7 nitrogen and oxygen atoms in total. The van der Waals surface area contributed by atoms with E-state index in [1.54, 1.807) is 25.1 Å². The van der Waals surface area contributed by atoms with Gasteiger partial charge in [-0.2, -0.15) is 0 Å². The molecule has 0 saturated carbocycles. The minimum Gasteiger partial charge on any atom is -0.350 e. The Bertz CT molecular complexity index is 1130. The summed E-state index contributed by atoms with van der Waals surface area (Å²) in [5.41, 5.74) is 0.861. The summed E-state index contributed by atoms with van der Waals surface area (Å²) in [7, 11) is -3.57. The zero-order valence-corrected chi connectivity index (χ0v) is 18.5. The molecule has 2 aromatic rings. The van der Waals surface area contributed by atoms with Gasteiger partial charge in [0.2, 0.25) is 0 Å². The van der Waals surface area contributed by atoms with Gasteiger partial charge < -0.3 is 5.32 Å². The first-order valence-electron chi connectivity index (χ1n) is 9.74. The predicted octanol–water partition coefficient (Wildman–Crippen LogP) is 3.34. The number of sulfone groups is 1. The lowest BCUT2D eigenvalue weighted by atomic mass is 10.2. The second-order valence-electron chi connectivity index (χ2n) is 6.81. The third-order valence-corrected chi connectivity index (χ3v) is 7.41. The summed E-state index contributed by atoms with van der Waals surface area (Å²) in [6.07, 6.45) is 2.09. The second-order valence-corrected chi connectivity index (χ2v) is 9.89. The molecule has 0 bridgehead atoms. The van der Waals surface area contributed by atoms with Crippen LogP contribution >= 0.6 is 11.8 Å². The summed E-state index contributed by atoms with van der Waals surface area (Å²) < 4.78 is 24.9. The maximum atomic E-state index is 12.6. The molecular formula is C22H22N2O5S2. The van der Waals surface area contributed by atoms with Gasteiger partial charge in [-0.25, -0.2) is 8.42 Å². The molecule has 1 N–H and O–H groups in total. The smallest absolute Gasteiger partial charge is 0.293 e. The number of rotatable bonds is 8. The third-order valence-electron chi connectivity index (χ3n) is 4.53. The first-order chi connectivity index (χ1) is 14.8. The summed E-state index contributed by atoms with van der Waals surface area (Å²) in [6.45, 7) is 1.76. The van der Waals surface area contributed by atoms with Gasteiger partial charge in [-0.1, -0.05) is 49.4 Å². The van der Waals surface area contributed by atoms with Gasteiger partial charge in [0.05, 0.1) is 21.1 Å². The number of hydrogen-bond donors (Lipinski definition) is 1. The monoisotopic (exact) mass is 458 g/mol. The van der Waals surface area contributed by atoms with Crippen molar-refractivity contribution >= 4 is 44.7 Å². The highest BCUT2D eigenvalue weighted by atomic mass is 32.2. The fourth-order valence-electron chi connectivity index (χ4n) is 3.07. The Morgan fingerprint density at radius 3 is 2.45 bits per heavy atom. The molecule has 0 spiro atoms. The van der Waals surface area contributed by atoms with E-state index in [-0.39, 0.29) is 29.3 Å². The van der Waals surface area contributed by atoms with Crippen molar-refractivity contribution in [3.8, 4) is 0 Å². The van der Waals surface area contributed by atoms with E-state index >= 15 is 0 Å². The standard InChI is InChI=1S/C22H22N2O5S2/c1-2-14-31(28,29)19-11-7-6-10-17(19)20(25)23-12-13-24-21(26)18(30-22(24)27)15-16-8-4-3-5-9-16/h3-11,15H,2,12-14H2,1H3,(H,23,25)/b18-15-. The third kappa shape index (κ3) is 5.42. The molecule has 0 radical (unpaired) electrons. The molecule has 3 rings (SSSR count). The van der Waals surface area contributed by atoms with Gasteiger partial charge in [0.15, 0.2) is 9.84 Å². The number of carbonyl (C=O) groups excluding carboxylic acids is 3. The average Bonchev–Trinajstić information content (AvgIpc) is 3.01. The summed E-state index contributed by atoms with van der Waals surface area (Å²) in [5.74, 6) is -1.04. The first kappa shape index (κ1) is 22.8. The van der Waals surface area contributed by atoms with E-state index < -0.39 is 26.9 Å². The van der Waals surface area contributed by atoms with Crippen molar-refractivity contribution in [1.29, 1.82) is 0 Å². The van der Waals surface area contributed by atoms with E-state index in [9.17, 15) is 22.8 Å². The molecule has 1 aliphatic heterocycles. The summed E-state index contributed by atoms with van der Waals surface area (Å²) in [4.78, 5) is 38.7. The van der Waals surface area contributed by atoms with E-state index in [4.69, 9.17) is 0 Å². The lowest BCUT2D eigenvalue weighted by molar-refractivity contribution is -0.122. The van der Waals surface area contributed by atoms with Gasteiger partial charge in [0.1, 0.15) is 0 Å². The Morgan fingerprint density at radius 2 is 1.74 bits per heavy atom. The van der Waals surface area contributed by atoms with Gasteiger partial charge in [-0.15, -0.1) is 0 Å². The van der Waals surface area contributed by atoms with E-state index in [2.05, 4.69) is 5.32 Å². The zero-order chi connectivity index (χ0) is 22.4. The SMILES string of the molecule is CCCS(=O)(=O)c1ccccc1C(=O)NCCN1C(=O)S/C(=C\c2ccccc2)C1=O. The number of hydrogen-bond acceptors (Lipinski definition) is 6. The Balaban J connectivity index is 1.65. The number of nitrogens with one attached hydrogen (secondary N) is 1. The lowest BCUT2D eigenvalue weighted by Crippen LogP contribution is -2.37. The fourth-order valence-corrected chi connectivity index (χ4v) is 5.48. The van der Waals surface area contributed by atoms with Crippen LogP contribution in [-0.2, 0) is 14.6 Å². The predicted molar refractivity (Wildman–Crippen MR) is 120 cm³/mol. The fraction of sp³-hybridized carbons (Fsp3) is 0.227. The maximum absolute atomic E-state index is 12.6. The van der Waals surface area contributed by atoms with E-state index in [0.29, 0.717) is 11.3 Å².